The van der Waals surface area contributed by atoms with E-state index in [1.54, 1.807) is 43.3 Å². The molecular formula is C19H18BrCl3N2O3. The Morgan fingerprint density at radius 2 is 1.86 bits per heavy atom. The summed E-state index contributed by atoms with van der Waals surface area (Å²) >= 11 is 21.3. The molecule has 0 radical (unpaired) electrons. The van der Waals surface area contributed by atoms with Crippen LogP contribution in [0, 0.1) is 0 Å². The summed E-state index contributed by atoms with van der Waals surface area (Å²) in [7, 11) is 1.52. The number of ether oxygens (including phenoxy) is 1. The van der Waals surface area contributed by atoms with Crippen molar-refractivity contribution in [3.05, 3.63) is 61.5 Å². The zero-order valence-corrected chi connectivity index (χ0v) is 19.0. The van der Waals surface area contributed by atoms with Crippen LogP contribution in [-0.2, 0) is 16.1 Å². The number of carbonyl (C=O) groups is 2. The zero-order valence-electron chi connectivity index (χ0n) is 15.1. The molecule has 0 aliphatic rings. The molecule has 0 bridgehead atoms. The van der Waals surface area contributed by atoms with Crippen LogP contribution in [0.25, 0.3) is 0 Å². The Morgan fingerprint density at radius 1 is 1.14 bits per heavy atom. The fourth-order valence-corrected chi connectivity index (χ4v) is 3.56. The van der Waals surface area contributed by atoms with Crippen molar-refractivity contribution in [2.24, 2.45) is 0 Å². The van der Waals surface area contributed by atoms with Crippen LogP contribution in [0.5, 0.6) is 5.75 Å². The first-order valence-corrected chi connectivity index (χ1v) is 10.2. The Hall–Kier alpha value is -1.47. The fraction of sp³-hybridized carbons (Fsp3) is 0.263. The van der Waals surface area contributed by atoms with Gasteiger partial charge in [-0.1, -0.05) is 40.9 Å². The molecule has 150 valence electrons. The molecule has 0 aromatic heterocycles. The summed E-state index contributed by atoms with van der Waals surface area (Å²) in [6.45, 7) is 1.57. The van der Waals surface area contributed by atoms with Gasteiger partial charge in [0.15, 0.2) is 6.61 Å². The monoisotopic (exact) mass is 506 g/mol. The van der Waals surface area contributed by atoms with E-state index in [0.717, 1.165) is 5.56 Å². The Labute approximate surface area is 187 Å². The highest BCUT2D eigenvalue weighted by molar-refractivity contribution is 9.10. The molecule has 0 heterocycles. The second-order valence-corrected chi connectivity index (χ2v) is 8.03. The average Bonchev–Trinajstić information content (AvgIpc) is 2.66. The Bertz CT molecular complexity index is 879. The summed E-state index contributed by atoms with van der Waals surface area (Å²) in [5.41, 5.74) is 0.742. The summed E-state index contributed by atoms with van der Waals surface area (Å²) in [6, 6.07) is 9.34. The lowest BCUT2D eigenvalue weighted by atomic mass is 10.1. The number of benzene rings is 2. The minimum Gasteiger partial charge on any atom is -0.483 e. The van der Waals surface area contributed by atoms with Crippen LogP contribution in [0.2, 0.25) is 15.1 Å². The third-order valence-corrected chi connectivity index (χ3v) is 5.59. The lowest BCUT2D eigenvalue weighted by Crippen LogP contribution is -2.48. The third-order valence-electron chi connectivity index (χ3n) is 4.00. The van der Waals surface area contributed by atoms with E-state index in [0.29, 0.717) is 25.3 Å². The van der Waals surface area contributed by atoms with Gasteiger partial charge in [-0.3, -0.25) is 9.59 Å². The molecule has 2 amide bonds. The topological polar surface area (TPSA) is 58.6 Å². The van der Waals surface area contributed by atoms with Crippen LogP contribution in [0.15, 0.2) is 40.9 Å². The Kier molecular flexibility index (Phi) is 8.43. The maximum Gasteiger partial charge on any atom is 0.261 e. The van der Waals surface area contributed by atoms with Gasteiger partial charge in [-0.15, -0.1) is 0 Å². The number of carbonyl (C=O) groups excluding carboxylic acids is 2. The summed E-state index contributed by atoms with van der Waals surface area (Å²) in [4.78, 5) is 26.4. The number of rotatable bonds is 7. The van der Waals surface area contributed by atoms with Crippen molar-refractivity contribution >= 4 is 62.5 Å². The fourth-order valence-electron chi connectivity index (χ4n) is 2.44. The van der Waals surface area contributed by atoms with E-state index in [1.807, 2.05) is 0 Å². The summed E-state index contributed by atoms with van der Waals surface area (Å²) in [5.74, 6) is -0.176. The van der Waals surface area contributed by atoms with Crippen molar-refractivity contribution in [2.75, 3.05) is 13.7 Å². The van der Waals surface area contributed by atoms with Crippen molar-refractivity contribution in [1.29, 1.82) is 0 Å². The second-order valence-electron chi connectivity index (χ2n) is 5.92. The van der Waals surface area contributed by atoms with E-state index in [4.69, 9.17) is 39.5 Å². The average molecular weight is 509 g/mol. The first kappa shape index (κ1) is 22.8. The minimum absolute atomic E-state index is 0.176. The predicted octanol–water partition coefficient (Wildman–Crippen LogP) is 4.95. The summed E-state index contributed by atoms with van der Waals surface area (Å²) < 4.78 is 6.23. The minimum atomic E-state index is -0.704. The van der Waals surface area contributed by atoms with Gasteiger partial charge in [-0.2, -0.15) is 0 Å². The number of nitrogens with one attached hydrogen (secondary N) is 1. The van der Waals surface area contributed by atoms with Gasteiger partial charge in [-0.25, -0.2) is 0 Å². The molecule has 5 nitrogen and oxygen atoms in total. The largest absolute Gasteiger partial charge is 0.483 e. The smallest absolute Gasteiger partial charge is 0.261 e. The highest BCUT2D eigenvalue weighted by Crippen LogP contribution is 2.28. The lowest BCUT2D eigenvalue weighted by molar-refractivity contribution is -0.142. The molecule has 0 aliphatic carbocycles. The number of likely N-dealkylation sites (N-methyl/N-ethyl adjacent to an activating group) is 1. The van der Waals surface area contributed by atoms with Gasteiger partial charge in [0.1, 0.15) is 11.8 Å². The van der Waals surface area contributed by atoms with Crippen molar-refractivity contribution in [1.82, 2.24) is 10.2 Å². The molecule has 0 saturated carbocycles. The Morgan fingerprint density at radius 3 is 2.46 bits per heavy atom. The van der Waals surface area contributed by atoms with E-state index in [-0.39, 0.29) is 25.0 Å². The first-order valence-electron chi connectivity index (χ1n) is 8.25. The molecule has 1 N–H and O–H groups in total. The summed E-state index contributed by atoms with van der Waals surface area (Å²) in [6.07, 6.45) is 0. The molecule has 2 rings (SSSR count). The highest BCUT2D eigenvalue weighted by atomic mass is 79.9. The van der Waals surface area contributed by atoms with Gasteiger partial charge < -0.3 is 15.0 Å². The molecule has 0 spiro atoms. The first-order chi connectivity index (χ1) is 13.2. The standard InChI is InChI=1S/C19H18BrCl3N2O3/c1-11(19(27)24-2)25(9-12-3-5-15(22)16(23)7-12)18(26)10-28-17-6-4-13(21)8-14(17)20/h3-8,11H,9-10H2,1-2H3,(H,24,27)/t11-/m0/s1. The SMILES string of the molecule is CNC(=O)[C@H](C)N(Cc1ccc(Cl)c(Cl)c1)C(=O)COc1ccc(Cl)cc1Br. The molecule has 0 unspecified atom stereocenters. The number of hydrogen-bond donors (Lipinski definition) is 1. The van der Waals surface area contributed by atoms with E-state index in [1.165, 1.54) is 11.9 Å². The van der Waals surface area contributed by atoms with E-state index >= 15 is 0 Å². The summed E-state index contributed by atoms with van der Waals surface area (Å²) in [5, 5.41) is 3.89. The molecular weight excluding hydrogens is 490 g/mol. The molecule has 1 atom stereocenters. The molecule has 2 aromatic rings. The lowest BCUT2D eigenvalue weighted by Gasteiger charge is -2.28. The van der Waals surface area contributed by atoms with Crippen molar-refractivity contribution in [3.8, 4) is 5.75 Å². The van der Waals surface area contributed by atoms with E-state index in [9.17, 15) is 9.59 Å². The van der Waals surface area contributed by atoms with Crippen molar-refractivity contribution in [3.63, 3.8) is 0 Å². The number of nitrogens with zero attached hydrogens (tertiary/aromatic N) is 1. The maximum atomic E-state index is 12.8. The molecule has 28 heavy (non-hydrogen) atoms. The van der Waals surface area contributed by atoms with Crippen LogP contribution in [0.1, 0.15) is 12.5 Å². The number of hydrogen-bond acceptors (Lipinski definition) is 3. The second kappa shape index (κ2) is 10.3. The van der Waals surface area contributed by atoms with Crippen molar-refractivity contribution < 1.29 is 14.3 Å². The normalized spacial score (nSPS) is 11.6. The highest BCUT2D eigenvalue weighted by Gasteiger charge is 2.26. The molecule has 0 fully saturated rings. The van der Waals surface area contributed by atoms with Crippen LogP contribution in [0.4, 0.5) is 0 Å². The molecule has 2 aromatic carbocycles. The van der Waals surface area contributed by atoms with Crippen LogP contribution < -0.4 is 10.1 Å². The molecule has 9 heteroatoms. The van der Waals surface area contributed by atoms with Gasteiger partial charge >= 0.3 is 0 Å². The number of halogens is 4. The van der Waals surface area contributed by atoms with Gasteiger partial charge in [0.25, 0.3) is 5.91 Å². The predicted molar refractivity (Wildman–Crippen MR) is 115 cm³/mol. The van der Waals surface area contributed by atoms with E-state index < -0.39 is 6.04 Å². The maximum absolute atomic E-state index is 12.8. The van der Waals surface area contributed by atoms with Gasteiger partial charge in [0.2, 0.25) is 5.91 Å². The zero-order chi connectivity index (χ0) is 20.8. The quantitative estimate of drug-likeness (QED) is 0.576. The van der Waals surface area contributed by atoms with Gasteiger partial charge in [0.05, 0.1) is 14.5 Å². The molecule has 0 aliphatic heterocycles. The number of amides is 2. The van der Waals surface area contributed by atoms with Crippen LogP contribution in [-0.4, -0.2) is 36.4 Å². The van der Waals surface area contributed by atoms with Gasteiger partial charge in [0, 0.05) is 18.6 Å². The van der Waals surface area contributed by atoms with Gasteiger partial charge in [-0.05, 0) is 58.7 Å². The van der Waals surface area contributed by atoms with Crippen LogP contribution >= 0.6 is 50.7 Å². The van der Waals surface area contributed by atoms with Crippen molar-refractivity contribution in [2.45, 2.75) is 19.5 Å². The van der Waals surface area contributed by atoms with Crippen LogP contribution in [0.3, 0.4) is 0 Å². The molecule has 0 saturated heterocycles. The van der Waals surface area contributed by atoms with E-state index in [2.05, 4.69) is 21.2 Å². The third kappa shape index (κ3) is 6.01. The Balaban J connectivity index is 2.18.